The van der Waals surface area contributed by atoms with Crippen LogP contribution in [0.15, 0.2) is 24.3 Å². The van der Waals surface area contributed by atoms with Crippen LogP contribution in [0.3, 0.4) is 0 Å². The maximum atomic E-state index is 13.0. The third-order valence-corrected chi connectivity index (χ3v) is 14.0. The Morgan fingerprint density at radius 3 is 1.36 bits per heavy atom. The van der Waals surface area contributed by atoms with Crippen molar-refractivity contribution in [2.45, 2.75) is 307 Å². The maximum Gasteiger partial charge on any atom is 0.397 e. The van der Waals surface area contributed by atoms with Crippen LogP contribution in [-0.2, 0) is 38.3 Å². The van der Waals surface area contributed by atoms with Crippen LogP contribution in [0.25, 0.3) is 0 Å². The van der Waals surface area contributed by atoms with Gasteiger partial charge in [0.1, 0.15) is 30.5 Å². The molecule has 70 heavy (non-hydrogen) atoms. The summed E-state index contributed by atoms with van der Waals surface area (Å²) in [5.41, 5.74) is 0. The number of aliphatic hydroxyl groups is 3. The molecule has 1 saturated heterocycles. The average molecular weight is 1020 g/mol. The molecule has 0 spiro atoms. The second-order valence-corrected chi connectivity index (χ2v) is 21.3. The van der Waals surface area contributed by atoms with Gasteiger partial charge in [0.2, 0.25) is 0 Å². The van der Waals surface area contributed by atoms with Gasteiger partial charge in [-0.15, -0.1) is 0 Å². The molecule has 1 aliphatic rings. The van der Waals surface area contributed by atoms with E-state index in [0.717, 1.165) is 44.9 Å². The topological polar surface area (TPSA) is 178 Å². The van der Waals surface area contributed by atoms with Crippen molar-refractivity contribution in [3.8, 4) is 0 Å². The van der Waals surface area contributed by atoms with Gasteiger partial charge in [0, 0.05) is 13.0 Å². The largest absolute Gasteiger partial charge is 0.457 e. The molecule has 6 unspecified atom stereocenters. The Kier molecular flexibility index (Phi) is 46.2. The van der Waals surface area contributed by atoms with E-state index in [2.05, 4.69) is 42.3 Å². The van der Waals surface area contributed by atoms with Crippen molar-refractivity contribution in [1.29, 1.82) is 0 Å². The van der Waals surface area contributed by atoms with Gasteiger partial charge in [-0.1, -0.05) is 244 Å². The first-order chi connectivity index (χ1) is 34.1. The molecule has 0 aromatic rings. The van der Waals surface area contributed by atoms with Crippen LogP contribution in [0.4, 0.5) is 0 Å². The number of hydrogen-bond donors (Lipinski definition) is 4. The van der Waals surface area contributed by atoms with E-state index in [9.17, 15) is 33.1 Å². The smallest absolute Gasteiger partial charge is 0.397 e. The minimum Gasteiger partial charge on any atom is -0.457 e. The van der Waals surface area contributed by atoms with E-state index in [4.69, 9.17) is 18.9 Å². The number of rotatable bonds is 52. The van der Waals surface area contributed by atoms with Gasteiger partial charge in [-0.3, -0.25) is 9.35 Å². The molecule has 1 aliphatic heterocycles. The summed E-state index contributed by atoms with van der Waals surface area (Å²) in [6.07, 6.45) is 49.3. The molecule has 0 radical (unpaired) electrons. The van der Waals surface area contributed by atoms with Gasteiger partial charge in [0.05, 0.1) is 19.8 Å². The number of carbonyl (C=O) groups excluding carboxylic acids is 1. The van der Waals surface area contributed by atoms with E-state index >= 15 is 0 Å². The summed E-state index contributed by atoms with van der Waals surface area (Å²) in [4.78, 5) is 13.0. The quantitative estimate of drug-likeness (QED) is 0.0196. The lowest BCUT2D eigenvalue weighted by Gasteiger charge is -2.41. The lowest BCUT2D eigenvalue weighted by molar-refractivity contribution is -0.301. The standard InChI is InChI=1S/C57H108O12S/c1-3-5-7-9-11-13-15-17-19-21-23-25-26-27-28-30-32-34-36-38-40-42-44-46-53(59)67-51(50-66-57-55(61)56(69-70(62,63)64)54(60)52(48-58)68-57)49-65-47-45-43-41-39-37-35-33-31-29-24-22-20-18-16-14-12-10-8-6-4-2/h15,17,21,23,51-52,54-58,60-61H,3-14,16,18-20,22,24-50H2,1-2H3,(H,62,63,64)/b17-15-,23-21-. The Balaban J connectivity index is 2.29. The summed E-state index contributed by atoms with van der Waals surface area (Å²) in [6, 6.07) is 0. The lowest BCUT2D eigenvalue weighted by atomic mass is 9.99. The Hall–Kier alpha value is -1.42. The minimum atomic E-state index is -5.07. The summed E-state index contributed by atoms with van der Waals surface area (Å²) in [7, 11) is -5.07. The van der Waals surface area contributed by atoms with E-state index in [1.54, 1.807) is 0 Å². The van der Waals surface area contributed by atoms with Crippen LogP contribution in [-0.4, -0.2) is 97.5 Å². The molecule has 6 atom stereocenters. The van der Waals surface area contributed by atoms with E-state index in [1.807, 2.05) is 0 Å². The van der Waals surface area contributed by atoms with E-state index in [1.165, 1.54) is 199 Å². The molecular weight excluding hydrogens is 909 g/mol. The zero-order chi connectivity index (χ0) is 51.0. The van der Waals surface area contributed by atoms with Gasteiger partial charge in [-0.25, -0.2) is 4.18 Å². The maximum absolute atomic E-state index is 13.0. The van der Waals surface area contributed by atoms with Gasteiger partial charge < -0.3 is 34.3 Å². The fourth-order valence-corrected chi connectivity index (χ4v) is 9.69. The van der Waals surface area contributed by atoms with Gasteiger partial charge in [-0.05, 0) is 44.9 Å². The first-order valence-corrected chi connectivity index (χ1v) is 30.5. The van der Waals surface area contributed by atoms with Crippen molar-refractivity contribution in [2.75, 3.05) is 26.4 Å². The molecule has 12 nitrogen and oxygen atoms in total. The van der Waals surface area contributed by atoms with E-state index < -0.39 is 59.8 Å². The molecule has 0 bridgehead atoms. The highest BCUT2D eigenvalue weighted by Crippen LogP contribution is 2.26. The molecule has 0 amide bonds. The molecule has 0 aromatic heterocycles. The van der Waals surface area contributed by atoms with Crippen molar-refractivity contribution in [1.82, 2.24) is 0 Å². The van der Waals surface area contributed by atoms with Crippen molar-refractivity contribution < 1.29 is 56.2 Å². The fourth-order valence-electron chi connectivity index (χ4n) is 9.18. The normalized spacial score (nSPS) is 19.2. The molecule has 1 rings (SSSR count). The molecule has 414 valence electrons. The molecule has 1 heterocycles. The summed E-state index contributed by atoms with van der Waals surface area (Å²) in [5, 5.41) is 30.8. The Morgan fingerprint density at radius 2 is 0.943 bits per heavy atom. The third-order valence-electron chi connectivity index (χ3n) is 13.6. The zero-order valence-electron chi connectivity index (χ0n) is 44.8. The number of ether oxygens (including phenoxy) is 4. The minimum absolute atomic E-state index is 0.0406. The number of esters is 1. The highest BCUT2D eigenvalue weighted by atomic mass is 32.3. The summed E-state index contributed by atoms with van der Waals surface area (Å²) in [5.74, 6) is -0.395. The molecular formula is C57H108O12S. The van der Waals surface area contributed by atoms with Gasteiger partial charge in [0.15, 0.2) is 6.29 Å². The predicted molar refractivity (Wildman–Crippen MR) is 285 cm³/mol. The predicted octanol–water partition coefficient (Wildman–Crippen LogP) is 14.3. The summed E-state index contributed by atoms with van der Waals surface area (Å²) >= 11 is 0. The van der Waals surface area contributed by atoms with Crippen LogP contribution >= 0.6 is 0 Å². The molecule has 0 saturated carbocycles. The van der Waals surface area contributed by atoms with E-state index in [0.29, 0.717) is 13.0 Å². The number of allylic oxidation sites excluding steroid dienone is 4. The van der Waals surface area contributed by atoms with Crippen LogP contribution in [0.5, 0.6) is 0 Å². The highest BCUT2D eigenvalue weighted by Gasteiger charge is 2.48. The van der Waals surface area contributed by atoms with Crippen LogP contribution in [0.1, 0.15) is 271 Å². The SMILES string of the molecule is CCCCCCC/C=C\C/C=C\CCCCCCCCCCCCCC(=O)OC(COCCCCCCCCCCCCCCCCCCCCCC)COC1OC(CO)C(O)C(OS(=O)(=O)O)C1O. The summed E-state index contributed by atoms with van der Waals surface area (Å²) < 4.78 is 59.4. The first kappa shape index (κ1) is 66.6. The van der Waals surface area contributed by atoms with Crippen LogP contribution < -0.4 is 0 Å². The highest BCUT2D eigenvalue weighted by molar-refractivity contribution is 7.80. The van der Waals surface area contributed by atoms with Crippen LogP contribution in [0.2, 0.25) is 0 Å². The third kappa shape index (κ3) is 41.0. The van der Waals surface area contributed by atoms with Crippen molar-refractivity contribution in [3.63, 3.8) is 0 Å². The van der Waals surface area contributed by atoms with Crippen molar-refractivity contribution >= 4 is 16.4 Å². The number of unbranched alkanes of at least 4 members (excludes halogenated alkanes) is 35. The molecule has 1 fully saturated rings. The van der Waals surface area contributed by atoms with Gasteiger partial charge >= 0.3 is 16.4 Å². The lowest BCUT2D eigenvalue weighted by Crippen LogP contribution is -2.60. The van der Waals surface area contributed by atoms with Gasteiger partial charge in [-0.2, -0.15) is 8.42 Å². The van der Waals surface area contributed by atoms with E-state index in [-0.39, 0.29) is 19.6 Å². The Morgan fingerprint density at radius 1 is 0.543 bits per heavy atom. The second-order valence-electron chi connectivity index (χ2n) is 20.2. The molecule has 0 aromatic carbocycles. The first-order valence-electron chi connectivity index (χ1n) is 29.1. The number of hydrogen-bond acceptors (Lipinski definition) is 11. The number of carbonyl (C=O) groups is 1. The summed E-state index contributed by atoms with van der Waals surface area (Å²) in [6.45, 7) is 4.04. The zero-order valence-corrected chi connectivity index (χ0v) is 45.7. The van der Waals surface area contributed by atoms with Gasteiger partial charge in [0.25, 0.3) is 0 Å². The molecule has 4 N–H and O–H groups in total. The number of aliphatic hydroxyl groups excluding tert-OH is 3. The van der Waals surface area contributed by atoms with Crippen LogP contribution in [0, 0.1) is 0 Å². The second kappa shape index (κ2) is 48.5. The molecule has 13 heteroatoms. The Bertz CT molecular complexity index is 1310. The van der Waals surface area contributed by atoms with Crippen molar-refractivity contribution in [2.24, 2.45) is 0 Å². The average Bonchev–Trinajstić information content (AvgIpc) is 3.34. The monoisotopic (exact) mass is 1020 g/mol. The Labute approximate surface area is 429 Å². The van der Waals surface area contributed by atoms with Crippen molar-refractivity contribution in [3.05, 3.63) is 24.3 Å². The molecule has 0 aliphatic carbocycles. The fraction of sp³-hybridized carbons (Fsp3) is 0.912.